The SMILES string of the molecule is CCOC(=O)C1=C(c2ccccc2)NC(=O)N[C@@H]1c1cc(I)ccc1OC. The molecule has 1 heterocycles. The van der Waals surface area contributed by atoms with Gasteiger partial charge in [0.05, 0.1) is 31.0 Å². The van der Waals surface area contributed by atoms with Crippen molar-refractivity contribution < 1.29 is 19.1 Å². The lowest BCUT2D eigenvalue weighted by Gasteiger charge is -2.30. The van der Waals surface area contributed by atoms with Gasteiger partial charge in [-0.1, -0.05) is 30.3 Å². The molecule has 1 atom stereocenters. The van der Waals surface area contributed by atoms with Crippen molar-refractivity contribution >= 4 is 40.3 Å². The van der Waals surface area contributed by atoms with E-state index in [1.54, 1.807) is 14.0 Å². The van der Waals surface area contributed by atoms with E-state index >= 15 is 0 Å². The molecule has 0 saturated heterocycles. The molecule has 2 N–H and O–H groups in total. The van der Waals surface area contributed by atoms with Crippen LogP contribution in [0.25, 0.3) is 5.70 Å². The van der Waals surface area contributed by atoms with Crippen LogP contribution in [0.1, 0.15) is 24.1 Å². The van der Waals surface area contributed by atoms with E-state index in [2.05, 4.69) is 33.2 Å². The second-order valence-electron chi connectivity index (χ2n) is 5.79. The molecule has 0 aromatic heterocycles. The van der Waals surface area contributed by atoms with Crippen LogP contribution < -0.4 is 15.4 Å². The maximum atomic E-state index is 12.8. The molecule has 3 rings (SSSR count). The highest BCUT2D eigenvalue weighted by molar-refractivity contribution is 14.1. The number of hydrogen-bond acceptors (Lipinski definition) is 4. The van der Waals surface area contributed by atoms with Gasteiger partial charge in [0.2, 0.25) is 0 Å². The summed E-state index contributed by atoms with van der Waals surface area (Å²) in [7, 11) is 1.56. The summed E-state index contributed by atoms with van der Waals surface area (Å²) < 4.78 is 11.7. The maximum absolute atomic E-state index is 12.8. The highest BCUT2D eigenvalue weighted by Crippen LogP contribution is 2.36. The van der Waals surface area contributed by atoms with Crippen LogP contribution in [-0.4, -0.2) is 25.7 Å². The Morgan fingerprint density at radius 2 is 1.93 bits per heavy atom. The lowest BCUT2D eigenvalue weighted by atomic mass is 9.92. The molecule has 27 heavy (non-hydrogen) atoms. The average molecular weight is 478 g/mol. The Hall–Kier alpha value is -2.55. The molecule has 0 bridgehead atoms. The van der Waals surface area contributed by atoms with Crippen LogP contribution in [0.2, 0.25) is 0 Å². The first-order valence-corrected chi connectivity index (χ1v) is 9.50. The van der Waals surface area contributed by atoms with E-state index in [4.69, 9.17) is 9.47 Å². The average Bonchev–Trinajstić information content (AvgIpc) is 2.68. The Bertz CT molecular complexity index is 896. The van der Waals surface area contributed by atoms with Gasteiger partial charge < -0.3 is 20.1 Å². The maximum Gasteiger partial charge on any atom is 0.338 e. The topological polar surface area (TPSA) is 76.7 Å². The number of hydrogen-bond donors (Lipinski definition) is 2. The van der Waals surface area contributed by atoms with E-state index in [1.807, 2.05) is 48.5 Å². The molecule has 0 unspecified atom stereocenters. The number of carbonyl (C=O) groups is 2. The third kappa shape index (κ3) is 4.08. The molecule has 1 aliphatic rings. The molecule has 0 aliphatic carbocycles. The molecule has 2 aromatic rings. The molecule has 0 fully saturated rings. The summed E-state index contributed by atoms with van der Waals surface area (Å²) >= 11 is 2.18. The minimum Gasteiger partial charge on any atom is -0.496 e. The van der Waals surface area contributed by atoms with Crippen molar-refractivity contribution in [1.29, 1.82) is 0 Å². The van der Waals surface area contributed by atoms with Gasteiger partial charge in [0, 0.05) is 9.13 Å². The molecule has 2 aromatic carbocycles. The highest BCUT2D eigenvalue weighted by Gasteiger charge is 2.35. The fraction of sp³-hybridized carbons (Fsp3) is 0.200. The van der Waals surface area contributed by atoms with Gasteiger partial charge in [-0.15, -0.1) is 0 Å². The van der Waals surface area contributed by atoms with Crippen molar-refractivity contribution in [2.24, 2.45) is 0 Å². The van der Waals surface area contributed by atoms with E-state index in [0.29, 0.717) is 22.6 Å². The summed E-state index contributed by atoms with van der Waals surface area (Å²) in [6.07, 6.45) is 0. The number of benzene rings is 2. The van der Waals surface area contributed by atoms with Crippen LogP contribution in [0.4, 0.5) is 4.79 Å². The molecule has 0 radical (unpaired) electrons. The van der Waals surface area contributed by atoms with Crippen LogP contribution in [0, 0.1) is 3.57 Å². The number of halogens is 1. The summed E-state index contributed by atoms with van der Waals surface area (Å²) in [5.41, 5.74) is 2.19. The van der Waals surface area contributed by atoms with Crippen molar-refractivity contribution in [3.63, 3.8) is 0 Å². The molecule has 0 spiro atoms. The number of methoxy groups -OCH3 is 1. The Morgan fingerprint density at radius 1 is 1.19 bits per heavy atom. The van der Waals surface area contributed by atoms with Gasteiger partial charge in [-0.05, 0) is 53.3 Å². The normalized spacial score (nSPS) is 16.4. The van der Waals surface area contributed by atoms with Crippen molar-refractivity contribution in [2.75, 3.05) is 13.7 Å². The van der Waals surface area contributed by atoms with Gasteiger partial charge in [-0.3, -0.25) is 0 Å². The van der Waals surface area contributed by atoms with E-state index in [1.165, 1.54) is 0 Å². The van der Waals surface area contributed by atoms with Gasteiger partial charge in [-0.25, -0.2) is 9.59 Å². The zero-order chi connectivity index (χ0) is 19.4. The number of ether oxygens (including phenoxy) is 2. The van der Waals surface area contributed by atoms with Crippen LogP contribution in [0.5, 0.6) is 5.75 Å². The molecule has 0 saturated carbocycles. The van der Waals surface area contributed by atoms with Crippen LogP contribution >= 0.6 is 22.6 Å². The molecular weight excluding hydrogens is 459 g/mol. The van der Waals surface area contributed by atoms with Crippen LogP contribution in [0.15, 0.2) is 54.1 Å². The second kappa shape index (κ2) is 8.43. The highest BCUT2D eigenvalue weighted by atomic mass is 127. The minimum absolute atomic E-state index is 0.231. The fourth-order valence-electron chi connectivity index (χ4n) is 2.99. The van der Waals surface area contributed by atoms with Crippen molar-refractivity contribution in [2.45, 2.75) is 13.0 Å². The quantitative estimate of drug-likeness (QED) is 0.509. The lowest BCUT2D eigenvalue weighted by molar-refractivity contribution is -0.138. The Morgan fingerprint density at radius 3 is 2.59 bits per heavy atom. The Labute approximate surface area is 171 Å². The number of carbonyl (C=O) groups excluding carboxylic acids is 2. The van der Waals surface area contributed by atoms with Crippen LogP contribution in [0.3, 0.4) is 0 Å². The number of nitrogens with one attached hydrogen (secondary N) is 2. The summed E-state index contributed by atoms with van der Waals surface area (Å²) in [5, 5.41) is 5.59. The molecule has 7 heteroatoms. The standard InChI is InChI=1S/C20H19IN2O4/c1-3-27-19(24)16-17(12-7-5-4-6-8-12)22-20(25)23-18(16)14-11-13(21)9-10-15(14)26-2/h4-11,18H,3H2,1-2H3,(H2,22,23,25)/t18-/m1/s1. The van der Waals surface area contributed by atoms with Gasteiger partial charge >= 0.3 is 12.0 Å². The number of esters is 1. The van der Waals surface area contributed by atoms with E-state index < -0.39 is 18.0 Å². The first kappa shape index (κ1) is 19.2. The predicted octanol–water partition coefficient (Wildman–Crippen LogP) is 3.63. The van der Waals surface area contributed by atoms with Crippen molar-refractivity contribution in [3.05, 3.63) is 68.8 Å². The van der Waals surface area contributed by atoms with Gasteiger partial charge in [0.1, 0.15) is 5.75 Å². The molecular formula is C20H19IN2O4. The summed E-state index contributed by atoms with van der Waals surface area (Å²) in [6.45, 7) is 1.98. The zero-order valence-corrected chi connectivity index (χ0v) is 17.1. The van der Waals surface area contributed by atoms with Gasteiger partial charge in [-0.2, -0.15) is 0 Å². The first-order chi connectivity index (χ1) is 13.0. The van der Waals surface area contributed by atoms with E-state index in [9.17, 15) is 9.59 Å². The number of amides is 2. The molecule has 2 amide bonds. The molecule has 6 nitrogen and oxygen atoms in total. The van der Waals surface area contributed by atoms with Crippen LogP contribution in [-0.2, 0) is 9.53 Å². The van der Waals surface area contributed by atoms with Gasteiger partial charge in [0.15, 0.2) is 0 Å². The molecule has 1 aliphatic heterocycles. The summed E-state index contributed by atoms with van der Waals surface area (Å²) in [4.78, 5) is 25.2. The Balaban J connectivity index is 2.23. The molecule has 140 valence electrons. The predicted molar refractivity (Wildman–Crippen MR) is 110 cm³/mol. The monoisotopic (exact) mass is 478 g/mol. The largest absolute Gasteiger partial charge is 0.496 e. The van der Waals surface area contributed by atoms with Crippen molar-refractivity contribution in [1.82, 2.24) is 10.6 Å². The zero-order valence-electron chi connectivity index (χ0n) is 14.9. The second-order valence-corrected chi connectivity index (χ2v) is 7.04. The lowest BCUT2D eigenvalue weighted by Crippen LogP contribution is -2.45. The fourth-order valence-corrected chi connectivity index (χ4v) is 3.51. The Kier molecular flexibility index (Phi) is 6.00. The summed E-state index contributed by atoms with van der Waals surface area (Å²) in [6, 6.07) is 13.8. The number of urea groups is 1. The van der Waals surface area contributed by atoms with Gasteiger partial charge in [0.25, 0.3) is 0 Å². The third-order valence-corrected chi connectivity index (χ3v) is 4.80. The minimum atomic E-state index is -0.697. The smallest absolute Gasteiger partial charge is 0.338 e. The summed E-state index contributed by atoms with van der Waals surface area (Å²) in [5.74, 6) is 0.0894. The van der Waals surface area contributed by atoms with Crippen molar-refractivity contribution in [3.8, 4) is 5.75 Å². The first-order valence-electron chi connectivity index (χ1n) is 8.42. The third-order valence-electron chi connectivity index (χ3n) is 4.13. The van der Waals surface area contributed by atoms with E-state index in [-0.39, 0.29) is 6.61 Å². The van der Waals surface area contributed by atoms with E-state index in [0.717, 1.165) is 9.13 Å². The number of rotatable bonds is 5.